The summed E-state index contributed by atoms with van der Waals surface area (Å²) >= 11 is 0. The number of esters is 1. The first-order valence-corrected chi connectivity index (χ1v) is 12.0. The van der Waals surface area contributed by atoms with Crippen molar-refractivity contribution in [2.45, 2.75) is 38.5 Å². The third-order valence-electron chi connectivity index (χ3n) is 4.80. The van der Waals surface area contributed by atoms with Crippen LogP contribution in [0, 0.1) is 0 Å². The number of nitrogens with one attached hydrogen (secondary N) is 2. The van der Waals surface area contributed by atoms with Crippen LogP contribution in [-0.2, 0) is 19.3 Å². The Bertz CT molecular complexity index is 1100. The van der Waals surface area contributed by atoms with Gasteiger partial charge in [-0.3, -0.25) is 0 Å². The third kappa shape index (κ3) is 5.63. The molecule has 2 aliphatic heterocycles. The molecule has 0 bridgehead atoms. The van der Waals surface area contributed by atoms with Crippen molar-refractivity contribution in [1.29, 1.82) is 0 Å². The molecule has 0 amide bonds. The maximum atomic E-state index is 12.5. The zero-order valence-corrected chi connectivity index (χ0v) is 19.6. The molecule has 2 aliphatic rings. The van der Waals surface area contributed by atoms with Gasteiger partial charge in [-0.2, -0.15) is 0 Å². The normalized spacial score (nSPS) is 19.3. The summed E-state index contributed by atoms with van der Waals surface area (Å²) in [6, 6.07) is 8.16. The fraction of sp³-hybridized carbons (Fsp3) is 0.409. The molecule has 0 aromatic heterocycles. The molecule has 2 atom stereocenters. The molecule has 0 radical (unpaired) electrons. The van der Waals surface area contributed by atoms with E-state index < -0.39 is 33.5 Å². The van der Waals surface area contributed by atoms with E-state index in [2.05, 4.69) is 20.6 Å². The summed E-state index contributed by atoms with van der Waals surface area (Å²) in [5, 5.41) is 6.14. The number of benzene rings is 1. The Labute approximate surface area is 188 Å². The number of methoxy groups -OCH3 is 1. The summed E-state index contributed by atoms with van der Waals surface area (Å²) < 4.78 is 34.9. The molecule has 0 saturated heterocycles. The SMILES string of the molecule is COCC(C)(C)NC1=NC([C@@H](C)OC(=O)c2ccccc2)=CC2=CN=C(S(C)(=O)=O)NC21. The van der Waals surface area contributed by atoms with E-state index in [1.807, 2.05) is 19.9 Å². The van der Waals surface area contributed by atoms with Gasteiger partial charge in [0.25, 0.3) is 0 Å². The smallest absolute Gasteiger partial charge is 0.338 e. The maximum absolute atomic E-state index is 12.5. The van der Waals surface area contributed by atoms with Crippen molar-refractivity contribution in [2.75, 3.05) is 20.0 Å². The van der Waals surface area contributed by atoms with Crippen molar-refractivity contribution in [3.05, 3.63) is 59.4 Å². The number of hydrogen-bond donors (Lipinski definition) is 2. The summed E-state index contributed by atoms with van der Waals surface area (Å²) in [5.74, 6) is 0.0214. The van der Waals surface area contributed by atoms with E-state index in [1.165, 1.54) is 6.20 Å². The standard InChI is InChI=1S/C22H28N4O5S/c1-14(31-20(27)15-9-7-6-8-10-15)17-11-16-12-23-21(32(5,28)29)25-18(16)19(24-17)26-22(2,3)13-30-4/h6-12,14,18H,13H2,1-5H3,(H,23,25)(H,24,26)/t14-,18?/m1/s1. The average molecular weight is 461 g/mol. The first-order chi connectivity index (χ1) is 15.0. The average Bonchev–Trinajstić information content (AvgIpc) is 2.72. The molecule has 32 heavy (non-hydrogen) atoms. The molecule has 2 N–H and O–H groups in total. The van der Waals surface area contributed by atoms with Gasteiger partial charge < -0.3 is 20.1 Å². The fourth-order valence-electron chi connectivity index (χ4n) is 3.32. The monoisotopic (exact) mass is 460 g/mol. The second-order valence-electron chi connectivity index (χ2n) is 8.33. The zero-order valence-electron chi connectivity index (χ0n) is 18.7. The fourth-order valence-corrected chi connectivity index (χ4v) is 3.90. The number of carbonyl (C=O) groups excluding carboxylic acids is 1. The minimum absolute atomic E-state index is 0.134. The van der Waals surface area contributed by atoms with Crippen LogP contribution in [0.15, 0.2) is 63.9 Å². The minimum atomic E-state index is -3.53. The number of amidine groups is 2. The Morgan fingerprint density at radius 1 is 1.28 bits per heavy atom. The van der Waals surface area contributed by atoms with Crippen LogP contribution in [0.4, 0.5) is 0 Å². The number of nitrogens with zero attached hydrogens (tertiary/aromatic N) is 2. The van der Waals surface area contributed by atoms with Gasteiger partial charge in [-0.25, -0.2) is 23.2 Å². The van der Waals surface area contributed by atoms with Gasteiger partial charge in [0.1, 0.15) is 18.0 Å². The van der Waals surface area contributed by atoms with Gasteiger partial charge in [-0.05, 0) is 39.0 Å². The Kier molecular flexibility index (Phi) is 6.85. The van der Waals surface area contributed by atoms with E-state index in [1.54, 1.807) is 44.4 Å². The molecule has 1 unspecified atom stereocenters. The summed E-state index contributed by atoms with van der Waals surface area (Å²) in [7, 11) is -1.94. The Hall–Kier alpha value is -2.98. The molecule has 0 aliphatic carbocycles. The van der Waals surface area contributed by atoms with Crippen LogP contribution in [0.3, 0.4) is 0 Å². The summed E-state index contributed by atoms with van der Waals surface area (Å²) in [6.45, 7) is 6.00. The van der Waals surface area contributed by atoms with Crippen LogP contribution in [0.2, 0.25) is 0 Å². The lowest BCUT2D eigenvalue weighted by Gasteiger charge is -2.35. The highest BCUT2D eigenvalue weighted by Crippen LogP contribution is 2.24. The molecule has 1 aromatic carbocycles. The molecule has 0 fully saturated rings. The highest BCUT2D eigenvalue weighted by molar-refractivity contribution is 8.05. The van der Waals surface area contributed by atoms with Crippen molar-refractivity contribution in [3.63, 3.8) is 0 Å². The molecule has 10 heteroatoms. The molecule has 1 aromatic rings. The zero-order chi connectivity index (χ0) is 23.5. The second-order valence-corrected chi connectivity index (χ2v) is 10.3. The van der Waals surface area contributed by atoms with Gasteiger partial charge >= 0.3 is 5.97 Å². The van der Waals surface area contributed by atoms with Crippen molar-refractivity contribution in [2.24, 2.45) is 9.98 Å². The van der Waals surface area contributed by atoms with Crippen molar-refractivity contribution >= 4 is 26.8 Å². The molecule has 2 heterocycles. The minimum Gasteiger partial charge on any atom is -0.453 e. The van der Waals surface area contributed by atoms with E-state index in [0.29, 0.717) is 29.3 Å². The summed E-state index contributed by atoms with van der Waals surface area (Å²) in [5.41, 5.74) is 1.15. The van der Waals surface area contributed by atoms with Gasteiger partial charge in [0.2, 0.25) is 15.0 Å². The molecule has 0 saturated carbocycles. The largest absolute Gasteiger partial charge is 0.453 e. The number of sulfone groups is 1. The second kappa shape index (κ2) is 9.25. The van der Waals surface area contributed by atoms with Gasteiger partial charge in [0, 0.05) is 25.1 Å². The molecular formula is C22H28N4O5S. The summed E-state index contributed by atoms with van der Waals surface area (Å²) in [6.07, 6.45) is 3.68. The quantitative estimate of drug-likeness (QED) is 0.622. The van der Waals surface area contributed by atoms with Crippen LogP contribution >= 0.6 is 0 Å². The van der Waals surface area contributed by atoms with Gasteiger partial charge in [-0.15, -0.1) is 0 Å². The van der Waals surface area contributed by atoms with Crippen LogP contribution in [0.1, 0.15) is 31.1 Å². The first kappa shape index (κ1) is 23.7. The van der Waals surface area contributed by atoms with Gasteiger partial charge in [-0.1, -0.05) is 18.2 Å². The number of ether oxygens (including phenoxy) is 2. The number of fused-ring (bicyclic) bond motifs is 1. The first-order valence-electron chi connectivity index (χ1n) is 10.1. The Morgan fingerprint density at radius 3 is 2.59 bits per heavy atom. The highest BCUT2D eigenvalue weighted by Gasteiger charge is 2.34. The van der Waals surface area contributed by atoms with E-state index >= 15 is 0 Å². The predicted octanol–water partition coefficient (Wildman–Crippen LogP) is 1.80. The molecular weight excluding hydrogens is 432 g/mol. The maximum Gasteiger partial charge on any atom is 0.338 e. The lowest BCUT2D eigenvalue weighted by atomic mass is 9.98. The predicted molar refractivity (Wildman–Crippen MR) is 123 cm³/mol. The molecule has 172 valence electrons. The number of rotatable bonds is 6. The number of aliphatic imine (C=N–C) groups is 2. The van der Waals surface area contributed by atoms with Crippen LogP contribution in [0.5, 0.6) is 0 Å². The lowest BCUT2D eigenvalue weighted by molar-refractivity contribution is 0.0403. The molecule has 0 spiro atoms. The molecule has 3 rings (SSSR count). The van der Waals surface area contributed by atoms with Gasteiger partial charge in [0.05, 0.1) is 23.4 Å². The van der Waals surface area contributed by atoms with Gasteiger partial charge in [0.15, 0.2) is 0 Å². The third-order valence-corrected chi connectivity index (χ3v) is 5.73. The highest BCUT2D eigenvalue weighted by atomic mass is 32.2. The topological polar surface area (TPSA) is 118 Å². The lowest BCUT2D eigenvalue weighted by Crippen LogP contribution is -2.57. The van der Waals surface area contributed by atoms with Crippen LogP contribution in [-0.4, -0.2) is 63.0 Å². The van der Waals surface area contributed by atoms with Crippen molar-refractivity contribution in [1.82, 2.24) is 10.6 Å². The van der Waals surface area contributed by atoms with E-state index in [-0.39, 0.29) is 5.17 Å². The van der Waals surface area contributed by atoms with Crippen molar-refractivity contribution < 1.29 is 22.7 Å². The number of carbonyl (C=O) groups is 1. The van der Waals surface area contributed by atoms with Crippen molar-refractivity contribution in [3.8, 4) is 0 Å². The summed E-state index contributed by atoms with van der Waals surface area (Å²) in [4.78, 5) is 21.2. The van der Waals surface area contributed by atoms with Crippen LogP contribution in [0.25, 0.3) is 0 Å². The van der Waals surface area contributed by atoms with E-state index in [0.717, 1.165) is 6.26 Å². The van der Waals surface area contributed by atoms with E-state index in [9.17, 15) is 13.2 Å². The van der Waals surface area contributed by atoms with Crippen LogP contribution < -0.4 is 10.6 Å². The van der Waals surface area contributed by atoms with E-state index in [4.69, 9.17) is 9.47 Å². The Balaban J connectivity index is 1.92. The molecule has 9 nitrogen and oxygen atoms in total. The Morgan fingerprint density at radius 2 is 1.97 bits per heavy atom. The number of hydrogen-bond acceptors (Lipinski definition) is 9.